The van der Waals surface area contributed by atoms with E-state index in [1.165, 1.54) is 4.88 Å². The first-order valence-electron chi connectivity index (χ1n) is 6.09. The average molecular weight is 248 g/mol. The third-order valence-electron chi connectivity index (χ3n) is 3.42. The lowest BCUT2D eigenvalue weighted by atomic mass is 9.93. The third-order valence-corrected chi connectivity index (χ3v) is 4.29. The normalized spacial score (nSPS) is 25.0. The monoisotopic (exact) mass is 248 g/mol. The molecule has 0 bridgehead atoms. The number of aromatic nitrogens is 2. The molecule has 4 heteroatoms. The first-order valence-corrected chi connectivity index (χ1v) is 6.97. The molecule has 1 aliphatic rings. The van der Waals surface area contributed by atoms with E-state index < -0.39 is 0 Å². The third kappa shape index (κ3) is 2.15. The minimum Gasteiger partial charge on any atom is -0.393 e. The van der Waals surface area contributed by atoms with Crippen molar-refractivity contribution in [3.63, 3.8) is 0 Å². The first kappa shape index (κ1) is 11.0. The van der Waals surface area contributed by atoms with E-state index in [0.29, 0.717) is 6.04 Å². The minimum atomic E-state index is -0.146. The highest BCUT2D eigenvalue weighted by Crippen LogP contribution is 2.33. The van der Waals surface area contributed by atoms with Gasteiger partial charge in [0.25, 0.3) is 0 Å². The molecule has 2 aromatic rings. The molecule has 2 atom stereocenters. The van der Waals surface area contributed by atoms with E-state index in [0.717, 1.165) is 31.5 Å². The van der Waals surface area contributed by atoms with Crippen LogP contribution in [0.2, 0.25) is 0 Å². The first-order chi connectivity index (χ1) is 8.34. The van der Waals surface area contributed by atoms with Crippen molar-refractivity contribution in [2.24, 2.45) is 0 Å². The molecule has 0 saturated heterocycles. The van der Waals surface area contributed by atoms with Crippen LogP contribution >= 0.6 is 11.3 Å². The number of hydrogen-bond acceptors (Lipinski definition) is 3. The SMILES string of the molecule is OC1CCCC(n2ccnc2-c2cccs2)C1. The van der Waals surface area contributed by atoms with Crippen LogP contribution in [0.3, 0.4) is 0 Å². The Morgan fingerprint density at radius 1 is 1.41 bits per heavy atom. The van der Waals surface area contributed by atoms with Gasteiger partial charge in [0.1, 0.15) is 5.82 Å². The number of hydrogen-bond donors (Lipinski definition) is 1. The fourth-order valence-corrected chi connectivity index (χ4v) is 3.32. The van der Waals surface area contributed by atoms with Gasteiger partial charge in [-0.15, -0.1) is 11.3 Å². The Bertz CT molecular complexity index is 477. The Morgan fingerprint density at radius 3 is 3.12 bits per heavy atom. The van der Waals surface area contributed by atoms with Crippen molar-refractivity contribution in [2.45, 2.75) is 37.8 Å². The van der Waals surface area contributed by atoms with Crippen molar-refractivity contribution >= 4 is 11.3 Å². The number of aliphatic hydroxyl groups is 1. The zero-order valence-electron chi connectivity index (χ0n) is 9.62. The molecule has 0 amide bonds. The minimum absolute atomic E-state index is 0.146. The maximum Gasteiger partial charge on any atom is 0.150 e. The van der Waals surface area contributed by atoms with Gasteiger partial charge >= 0.3 is 0 Å². The summed E-state index contributed by atoms with van der Waals surface area (Å²) in [6.07, 6.45) is 7.80. The summed E-state index contributed by atoms with van der Waals surface area (Å²) in [6.45, 7) is 0. The van der Waals surface area contributed by atoms with Crippen LogP contribution in [0.15, 0.2) is 29.9 Å². The van der Waals surface area contributed by atoms with Gasteiger partial charge in [-0.25, -0.2) is 4.98 Å². The average Bonchev–Trinajstić information content (AvgIpc) is 3.00. The largest absolute Gasteiger partial charge is 0.393 e. The summed E-state index contributed by atoms with van der Waals surface area (Å²) in [6, 6.07) is 4.55. The summed E-state index contributed by atoms with van der Waals surface area (Å²) in [4.78, 5) is 5.65. The second-order valence-electron chi connectivity index (χ2n) is 4.61. The maximum atomic E-state index is 9.77. The lowest BCUT2D eigenvalue weighted by Gasteiger charge is -2.27. The highest BCUT2D eigenvalue weighted by Gasteiger charge is 2.23. The highest BCUT2D eigenvalue weighted by molar-refractivity contribution is 7.13. The zero-order valence-corrected chi connectivity index (χ0v) is 10.4. The molecule has 0 spiro atoms. The summed E-state index contributed by atoms with van der Waals surface area (Å²) in [5, 5.41) is 11.8. The van der Waals surface area contributed by atoms with Crippen LogP contribution < -0.4 is 0 Å². The molecule has 2 heterocycles. The van der Waals surface area contributed by atoms with E-state index in [1.807, 2.05) is 12.4 Å². The van der Waals surface area contributed by atoms with Crippen LogP contribution in [-0.2, 0) is 0 Å². The lowest BCUT2D eigenvalue weighted by molar-refractivity contribution is 0.104. The number of thiophene rings is 1. The Hall–Kier alpha value is -1.13. The Kier molecular flexibility index (Phi) is 2.99. The fourth-order valence-electron chi connectivity index (χ4n) is 2.60. The molecule has 1 N–H and O–H groups in total. The van der Waals surface area contributed by atoms with Crippen LogP contribution in [0.5, 0.6) is 0 Å². The summed E-state index contributed by atoms with van der Waals surface area (Å²) >= 11 is 1.71. The fraction of sp³-hybridized carbons (Fsp3) is 0.462. The van der Waals surface area contributed by atoms with Gasteiger partial charge in [-0.1, -0.05) is 6.07 Å². The maximum absolute atomic E-state index is 9.77. The van der Waals surface area contributed by atoms with Crippen LogP contribution in [0.4, 0.5) is 0 Å². The lowest BCUT2D eigenvalue weighted by Crippen LogP contribution is -2.22. The smallest absolute Gasteiger partial charge is 0.150 e. The van der Waals surface area contributed by atoms with Crippen LogP contribution in [0, 0.1) is 0 Å². The molecule has 17 heavy (non-hydrogen) atoms. The molecule has 3 nitrogen and oxygen atoms in total. The summed E-state index contributed by atoms with van der Waals surface area (Å²) in [5.74, 6) is 1.04. The summed E-state index contributed by atoms with van der Waals surface area (Å²) in [7, 11) is 0. The quantitative estimate of drug-likeness (QED) is 0.887. The molecule has 0 radical (unpaired) electrons. The number of rotatable bonds is 2. The Morgan fingerprint density at radius 2 is 2.35 bits per heavy atom. The molecular weight excluding hydrogens is 232 g/mol. The van der Waals surface area contributed by atoms with Crippen LogP contribution in [0.25, 0.3) is 10.7 Å². The molecule has 3 rings (SSSR count). The second kappa shape index (κ2) is 4.63. The van der Waals surface area contributed by atoms with E-state index in [-0.39, 0.29) is 6.10 Å². The second-order valence-corrected chi connectivity index (χ2v) is 5.56. The highest BCUT2D eigenvalue weighted by atomic mass is 32.1. The molecule has 2 aromatic heterocycles. The van der Waals surface area contributed by atoms with Crippen LogP contribution in [-0.4, -0.2) is 20.8 Å². The van der Waals surface area contributed by atoms with Gasteiger partial charge in [-0.2, -0.15) is 0 Å². The van der Waals surface area contributed by atoms with E-state index in [2.05, 4.69) is 27.1 Å². The van der Waals surface area contributed by atoms with Crippen molar-refractivity contribution in [3.05, 3.63) is 29.9 Å². The van der Waals surface area contributed by atoms with Gasteiger partial charge in [-0.05, 0) is 37.1 Å². The predicted octanol–water partition coefficient (Wildman–Crippen LogP) is 3.09. The van der Waals surface area contributed by atoms with Gasteiger partial charge in [0.15, 0.2) is 0 Å². The number of imidazole rings is 1. The van der Waals surface area contributed by atoms with Crippen molar-refractivity contribution < 1.29 is 5.11 Å². The van der Waals surface area contributed by atoms with Crippen molar-refractivity contribution in [1.82, 2.24) is 9.55 Å². The van der Waals surface area contributed by atoms with Crippen molar-refractivity contribution in [2.75, 3.05) is 0 Å². The van der Waals surface area contributed by atoms with Gasteiger partial charge in [0.2, 0.25) is 0 Å². The molecule has 1 saturated carbocycles. The van der Waals surface area contributed by atoms with Gasteiger partial charge < -0.3 is 9.67 Å². The zero-order chi connectivity index (χ0) is 11.7. The molecular formula is C13H16N2OS. The van der Waals surface area contributed by atoms with Crippen LogP contribution in [0.1, 0.15) is 31.7 Å². The van der Waals surface area contributed by atoms with Gasteiger partial charge in [0, 0.05) is 18.4 Å². The standard InChI is InChI=1S/C13H16N2OS/c16-11-4-1-3-10(9-11)15-7-6-14-13(15)12-5-2-8-17-12/h2,5-8,10-11,16H,1,3-4,9H2. The molecule has 0 aliphatic heterocycles. The molecule has 2 unspecified atom stereocenters. The van der Waals surface area contributed by atoms with Crippen molar-refractivity contribution in [3.8, 4) is 10.7 Å². The predicted molar refractivity (Wildman–Crippen MR) is 69.1 cm³/mol. The van der Waals surface area contributed by atoms with Crippen molar-refractivity contribution in [1.29, 1.82) is 0 Å². The summed E-state index contributed by atoms with van der Waals surface area (Å²) in [5.41, 5.74) is 0. The Labute approximate surface area is 105 Å². The molecule has 90 valence electrons. The molecule has 0 aromatic carbocycles. The summed E-state index contributed by atoms with van der Waals surface area (Å²) < 4.78 is 2.23. The topological polar surface area (TPSA) is 38.0 Å². The molecule has 1 aliphatic carbocycles. The molecule has 1 fully saturated rings. The van der Waals surface area contributed by atoms with E-state index in [1.54, 1.807) is 11.3 Å². The number of nitrogens with zero attached hydrogens (tertiary/aromatic N) is 2. The Balaban J connectivity index is 1.91. The van der Waals surface area contributed by atoms with E-state index in [9.17, 15) is 5.11 Å². The van der Waals surface area contributed by atoms with E-state index in [4.69, 9.17) is 0 Å². The van der Waals surface area contributed by atoms with Gasteiger partial charge in [0.05, 0.1) is 11.0 Å². The number of aliphatic hydroxyl groups excluding tert-OH is 1. The van der Waals surface area contributed by atoms with E-state index >= 15 is 0 Å². The van der Waals surface area contributed by atoms with Gasteiger partial charge in [-0.3, -0.25) is 0 Å².